The van der Waals surface area contributed by atoms with Gasteiger partial charge >= 0.3 is 0 Å². The number of fused-ring (bicyclic) bond motifs is 8. The fraction of sp³-hybridized carbons (Fsp3) is 0. The van der Waals surface area contributed by atoms with Crippen LogP contribution in [0.3, 0.4) is 0 Å². The fourth-order valence-electron chi connectivity index (χ4n) is 7.15. The van der Waals surface area contributed by atoms with Crippen LogP contribution < -0.4 is 4.90 Å². The van der Waals surface area contributed by atoms with Crippen LogP contribution in [-0.4, -0.2) is 4.98 Å². The van der Waals surface area contributed by atoms with Gasteiger partial charge in [0.15, 0.2) is 5.58 Å². The summed E-state index contributed by atoms with van der Waals surface area (Å²) in [6, 6.07) is 58.6. The van der Waals surface area contributed by atoms with Crippen molar-refractivity contribution < 1.29 is 4.42 Å². The van der Waals surface area contributed by atoms with Gasteiger partial charge in [-0.25, -0.2) is 0 Å². The number of thiophene rings is 1. The molecular formula is C45H28N2OS. The highest BCUT2D eigenvalue weighted by Gasteiger charge is 2.17. The molecule has 0 bridgehead atoms. The van der Waals surface area contributed by atoms with Crippen LogP contribution in [0.25, 0.3) is 75.3 Å². The highest BCUT2D eigenvalue weighted by molar-refractivity contribution is 7.25. The molecule has 49 heavy (non-hydrogen) atoms. The molecule has 230 valence electrons. The average Bonchev–Trinajstić information content (AvgIpc) is 3.74. The number of benzene rings is 7. The third-order valence-corrected chi connectivity index (χ3v) is 10.6. The van der Waals surface area contributed by atoms with Gasteiger partial charge in [0.2, 0.25) is 0 Å². The minimum Gasteiger partial charge on any atom is -0.454 e. The second-order valence-corrected chi connectivity index (χ2v) is 13.5. The molecule has 0 radical (unpaired) electrons. The fourth-order valence-corrected chi connectivity index (χ4v) is 8.29. The molecule has 3 aromatic heterocycles. The molecule has 0 unspecified atom stereocenters. The van der Waals surface area contributed by atoms with Gasteiger partial charge in [0.05, 0.1) is 5.39 Å². The number of aromatic nitrogens is 1. The quantitative estimate of drug-likeness (QED) is 0.187. The second-order valence-electron chi connectivity index (χ2n) is 12.4. The van der Waals surface area contributed by atoms with E-state index in [0.717, 1.165) is 55.6 Å². The Morgan fingerprint density at radius 1 is 0.449 bits per heavy atom. The minimum atomic E-state index is 0.810. The van der Waals surface area contributed by atoms with Crippen LogP contribution in [0, 0.1) is 0 Å². The predicted molar refractivity (Wildman–Crippen MR) is 207 cm³/mol. The van der Waals surface area contributed by atoms with E-state index in [9.17, 15) is 0 Å². The first-order chi connectivity index (χ1) is 24.3. The monoisotopic (exact) mass is 644 g/mol. The van der Waals surface area contributed by atoms with Gasteiger partial charge in [-0.3, -0.25) is 4.98 Å². The van der Waals surface area contributed by atoms with E-state index >= 15 is 0 Å². The van der Waals surface area contributed by atoms with E-state index in [-0.39, 0.29) is 0 Å². The van der Waals surface area contributed by atoms with Crippen LogP contribution in [0.2, 0.25) is 0 Å². The normalized spacial score (nSPS) is 11.7. The maximum Gasteiger partial charge on any atom is 0.153 e. The van der Waals surface area contributed by atoms with E-state index in [0.29, 0.717) is 0 Å². The number of hydrogen-bond acceptors (Lipinski definition) is 4. The second kappa shape index (κ2) is 11.2. The van der Waals surface area contributed by atoms with Gasteiger partial charge in [0.25, 0.3) is 0 Å². The zero-order chi connectivity index (χ0) is 32.3. The van der Waals surface area contributed by atoms with Crippen molar-refractivity contribution in [3.8, 4) is 22.3 Å². The van der Waals surface area contributed by atoms with Gasteiger partial charge in [-0.1, -0.05) is 97.1 Å². The first kappa shape index (κ1) is 27.8. The molecule has 0 fully saturated rings. The van der Waals surface area contributed by atoms with Crippen molar-refractivity contribution in [1.29, 1.82) is 0 Å². The van der Waals surface area contributed by atoms with Crippen LogP contribution in [0.15, 0.2) is 174 Å². The molecule has 0 aliphatic rings. The molecule has 0 saturated carbocycles. The van der Waals surface area contributed by atoms with Gasteiger partial charge in [0, 0.05) is 43.4 Å². The molecule has 0 spiro atoms. The molecule has 0 N–H and O–H groups in total. The van der Waals surface area contributed by atoms with E-state index in [1.165, 1.54) is 36.7 Å². The summed E-state index contributed by atoms with van der Waals surface area (Å²) in [5, 5.41) is 5.98. The van der Waals surface area contributed by atoms with Crippen molar-refractivity contribution >= 4 is 81.4 Å². The summed E-state index contributed by atoms with van der Waals surface area (Å²) >= 11 is 1.85. The lowest BCUT2D eigenvalue weighted by Gasteiger charge is -2.26. The Balaban J connectivity index is 1.10. The number of pyridine rings is 1. The zero-order valence-electron chi connectivity index (χ0n) is 26.4. The molecule has 3 heterocycles. The standard InChI is InChI=1S/C45H28N2OS/c1-2-8-29(9-3-1)32-10-6-11-35(26-32)47(36-22-23-38-37-12-4-5-14-42(37)49-43(38)28-36)34-20-17-30(18-21-34)33-16-15-31-19-24-40-44(39(31)27-33)45-41(48-40)13-7-25-46-45/h1-28H. The maximum atomic E-state index is 6.15. The molecule has 7 aromatic carbocycles. The molecule has 3 nitrogen and oxygen atoms in total. The maximum absolute atomic E-state index is 6.15. The first-order valence-corrected chi connectivity index (χ1v) is 17.3. The topological polar surface area (TPSA) is 29.3 Å². The zero-order valence-corrected chi connectivity index (χ0v) is 27.2. The van der Waals surface area contributed by atoms with Crippen LogP contribution in [0.5, 0.6) is 0 Å². The smallest absolute Gasteiger partial charge is 0.153 e. The minimum absolute atomic E-state index is 0.810. The number of anilines is 3. The molecule has 0 aliphatic carbocycles. The molecule has 0 atom stereocenters. The summed E-state index contributed by atoms with van der Waals surface area (Å²) in [6.07, 6.45) is 1.83. The van der Waals surface area contributed by atoms with Gasteiger partial charge in [0.1, 0.15) is 11.1 Å². The summed E-state index contributed by atoms with van der Waals surface area (Å²) in [5.41, 5.74) is 10.6. The Hall–Kier alpha value is -6.23. The van der Waals surface area contributed by atoms with Gasteiger partial charge < -0.3 is 9.32 Å². The molecule has 10 aromatic rings. The van der Waals surface area contributed by atoms with Crippen LogP contribution >= 0.6 is 11.3 Å². The molecule has 4 heteroatoms. The highest BCUT2D eigenvalue weighted by atomic mass is 32.1. The summed E-state index contributed by atoms with van der Waals surface area (Å²) in [5.74, 6) is 0. The SMILES string of the molecule is c1ccc(-c2cccc(N(c3ccc(-c4ccc5ccc6oc7cccnc7c6c5c4)cc3)c3ccc4c(c3)sc3ccccc34)c2)cc1. The highest BCUT2D eigenvalue weighted by Crippen LogP contribution is 2.42. The van der Waals surface area contributed by atoms with Crippen molar-refractivity contribution in [2.24, 2.45) is 0 Å². The lowest BCUT2D eigenvalue weighted by molar-refractivity contribution is 0.668. The Kier molecular flexibility index (Phi) is 6.36. The Bertz CT molecular complexity index is 2830. The number of nitrogens with zero attached hydrogens (tertiary/aromatic N) is 2. The van der Waals surface area contributed by atoms with Crippen molar-refractivity contribution in [2.45, 2.75) is 0 Å². The molecule has 0 amide bonds. The summed E-state index contributed by atoms with van der Waals surface area (Å²) < 4.78 is 8.73. The summed E-state index contributed by atoms with van der Waals surface area (Å²) in [7, 11) is 0. The lowest BCUT2D eigenvalue weighted by Crippen LogP contribution is -2.09. The molecule has 0 saturated heterocycles. The van der Waals surface area contributed by atoms with E-state index in [4.69, 9.17) is 4.42 Å². The number of hydrogen-bond donors (Lipinski definition) is 0. The van der Waals surface area contributed by atoms with Crippen LogP contribution in [0.4, 0.5) is 17.1 Å². The summed E-state index contributed by atoms with van der Waals surface area (Å²) in [6.45, 7) is 0. The molecule has 10 rings (SSSR count). The van der Waals surface area contributed by atoms with Crippen LogP contribution in [0.1, 0.15) is 0 Å². The number of rotatable bonds is 5. The average molecular weight is 645 g/mol. The van der Waals surface area contributed by atoms with E-state index in [2.05, 4.69) is 155 Å². The van der Waals surface area contributed by atoms with Gasteiger partial charge in [-0.15, -0.1) is 11.3 Å². The van der Waals surface area contributed by atoms with Crippen molar-refractivity contribution in [3.63, 3.8) is 0 Å². The third kappa shape index (κ3) is 4.68. The van der Waals surface area contributed by atoms with E-state index in [1.807, 2.05) is 35.7 Å². The van der Waals surface area contributed by atoms with Crippen molar-refractivity contribution in [1.82, 2.24) is 4.98 Å². The van der Waals surface area contributed by atoms with E-state index in [1.54, 1.807) is 0 Å². The largest absolute Gasteiger partial charge is 0.454 e. The summed E-state index contributed by atoms with van der Waals surface area (Å²) in [4.78, 5) is 7.04. The van der Waals surface area contributed by atoms with Gasteiger partial charge in [-0.2, -0.15) is 0 Å². The van der Waals surface area contributed by atoms with Crippen molar-refractivity contribution in [3.05, 3.63) is 170 Å². The van der Waals surface area contributed by atoms with Crippen LogP contribution in [-0.2, 0) is 0 Å². The van der Waals surface area contributed by atoms with E-state index < -0.39 is 0 Å². The first-order valence-electron chi connectivity index (χ1n) is 16.4. The predicted octanol–water partition coefficient (Wildman–Crippen LogP) is 13.3. The molecular weight excluding hydrogens is 617 g/mol. The molecule has 0 aliphatic heterocycles. The van der Waals surface area contributed by atoms with Crippen molar-refractivity contribution in [2.75, 3.05) is 4.90 Å². The third-order valence-electron chi connectivity index (χ3n) is 9.50. The lowest BCUT2D eigenvalue weighted by atomic mass is 9.98. The Labute approximate surface area is 286 Å². The number of furan rings is 1. The van der Waals surface area contributed by atoms with Gasteiger partial charge in [-0.05, 0) is 99.8 Å². The Morgan fingerprint density at radius 3 is 2.08 bits per heavy atom. The Morgan fingerprint density at radius 2 is 1.16 bits per heavy atom.